The van der Waals surface area contributed by atoms with Crippen molar-refractivity contribution in [1.29, 1.82) is 0 Å². The lowest BCUT2D eigenvalue weighted by molar-refractivity contribution is -0.157. The maximum absolute atomic E-state index is 16.0. The number of imide groups is 1. The Bertz CT molecular complexity index is 4490. The van der Waals surface area contributed by atoms with Crippen LogP contribution in [0, 0.1) is 24.0 Å². The van der Waals surface area contributed by atoms with E-state index in [-0.39, 0.29) is 150 Å². The van der Waals surface area contributed by atoms with E-state index in [1.807, 2.05) is 23.1 Å². The van der Waals surface area contributed by atoms with Crippen molar-refractivity contribution >= 4 is 81.8 Å². The number of H-pyrrole nitrogens is 1. The average molecular weight is 1710 g/mol. The number of likely N-dealkylation sites (tertiary alicyclic amines) is 2. The van der Waals surface area contributed by atoms with Crippen LogP contribution in [0.15, 0.2) is 85.2 Å². The first-order chi connectivity index (χ1) is 59.3. The lowest BCUT2D eigenvalue weighted by Gasteiger charge is -2.47. The lowest BCUT2D eigenvalue weighted by atomic mass is 9.71. The van der Waals surface area contributed by atoms with E-state index in [2.05, 4.69) is 60.2 Å². The van der Waals surface area contributed by atoms with E-state index in [1.54, 1.807) is 25.1 Å². The number of hydrogen-bond acceptors (Lipinski definition) is 19. The van der Waals surface area contributed by atoms with E-state index >= 15 is 8.78 Å². The number of benzene rings is 4. The predicted octanol–water partition coefficient (Wildman–Crippen LogP) is 13.8. The number of piperidine rings is 2. The molecule has 670 valence electrons. The van der Waals surface area contributed by atoms with Crippen LogP contribution >= 0.6 is 0 Å². The fourth-order valence-electron chi connectivity index (χ4n) is 15.9. The second-order valence-corrected chi connectivity index (χ2v) is 32.7. The fraction of sp³-hybridized carbons (Fsp3) is 0.565. The molecule has 8 amide bonds. The van der Waals surface area contributed by atoms with Crippen molar-refractivity contribution in [2.75, 3.05) is 129 Å². The number of anilines is 2. The number of amides is 8. The number of methoxy groups -OCH3 is 1. The lowest BCUT2D eigenvalue weighted by Crippen LogP contribution is -2.50. The summed E-state index contributed by atoms with van der Waals surface area (Å²) in [6, 6.07) is 19.9. The van der Waals surface area contributed by atoms with Crippen LogP contribution < -0.4 is 30.9 Å². The molecule has 3 aliphatic rings. The van der Waals surface area contributed by atoms with E-state index in [9.17, 15) is 53.1 Å². The molecule has 3 fully saturated rings. The van der Waals surface area contributed by atoms with Gasteiger partial charge in [-0.25, -0.2) is 28.3 Å². The number of aromatic amines is 1. The molecule has 5 heterocycles. The van der Waals surface area contributed by atoms with Crippen LogP contribution in [0.4, 0.5) is 25.0 Å². The Morgan fingerprint density at radius 3 is 1.93 bits per heavy atom. The Hall–Kier alpha value is -10.3. The first-order valence-corrected chi connectivity index (χ1v) is 43.8. The van der Waals surface area contributed by atoms with Crippen LogP contribution in [0.5, 0.6) is 5.75 Å². The number of unbranched alkanes of at least 4 members (excludes halogenated alkanes) is 14. The molecule has 3 saturated heterocycles. The number of carbonyl (C=O) groups is 10. The Morgan fingerprint density at radius 1 is 0.667 bits per heavy atom. The monoisotopic (exact) mass is 1710 g/mol. The minimum absolute atomic E-state index is 0.0132. The molecule has 2 aromatic heterocycles. The zero-order chi connectivity index (χ0) is 88.1. The van der Waals surface area contributed by atoms with Gasteiger partial charge in [-0.2, -0.15) is 0 Å². The van der Waals surface area contributed by atoms with Crippen LogP contribution in [0.25, 0.3) is 33.5 Å². The number of aliphatic carboxylic acids is 2. The molecule has 9 rings (SSSR count). The van der Waals surface area contributed by atoms with Gasteiger partial charge in [-0.1, -0.05) is 121 Å². The van der Waals surface area contributed by atoms with Crippen molar-refractivity contribution in [1.82, 2.24) is 45.6 Å². The highest BCUT2D eigenvalue weighted by atomic mass is 19.1. The van der Waals surface area contributed by atoms with Gasteiger partial charge in [0.05, 0.1) is 76.9 Å². The molecule has 1 spiro atoms. The summed E-state index contributed by atoms with van der Waals surface area (Å²) in [5, 5.41) is 30.0. The van der Waals surface area contributed by atoms with Crippen molar-refractivity contribution in [3.63, 3.8) is 0 Å². The summed E-state index contributed by atoms with van der Waals surface area (Å²) in [4.78, 5) is 147. The molecule has 3 aliphatic heterocycles. The number of nitrogens with one attached hydrogen (secondary N) is 5. The highest BCUT2D eigenvalue weighted by Gasteiger charge is 2.40. The number of esters is 1. The number of ether oxygens (including phenoxy) is 6. The minimum Gasteiger partial charge on any atom is -0.495 e. The Morgan fingerprint density at radius 2 is 1.29 bits per heavy atom. The van der Waals surface area contributed by atoms with Gasteiger partial charge in [0.1, 0.15) is 47.5 Å². The molecule has 4 aromatic carbocycles. The van der Waals surface area contributed by atoms with Gasteiger partial charge in [0.25, 0.3) is 11.8 Å². The fourth-order valence-corrected chi connectivity index (χ4v) is 15.9. The van der Waals surface area contributed by atoms with E-state index in [0.717, 1.165) is 133 Å². The first kappa shape index (κ1) is 96.5. The molecule has 7 N–H and O–H groups in total. The summed E-state index contributed by atoms with van der Waals surface area (Å²) < 4.78 is 65.0. The number of fused-ring (bicyclic) bond motifs is 1. The maximum atomic E-state index is 16.0. The summed E-state index contributed by atoms with van der Waals surface area (Å²) in [5.41, 5.74) is 4.26. The number of carbonyl (C=O) groups excluding carboxylic acids is 8. The second kappa shape index (κ2) is 49.8. The summed E-state index contributed by atoms with van der Waals surface area (Å²) in [6.45, 7) is 13.1. The van der Waals surface area contributed by atoms with Gasteiger partial charge in [-0.05, 0) is 168 Å². The molecular weight excluding hydrogens is 1590 g/mol. The predicted molar refractivity (Wildman–Crippen MR) is 461 cm³/mol. The Labute approximate surface area is 719 Å². The molecular formula is C92H125F2N11O18. The number of nitrogens with zero attached hydrogens (tertiary/aromatic N) is 6. The molecule has 0 radical (unpaired) electrons. The number of urea groups is 1. The molecule has 29 nitrogen and oxygen atoms in total. The third kappa shape index (κ3) is 30.5. The third-order valence-electron chi connectivity index (χ3n) is 23.4. The number of hydrogen-bond donors (Lipinski definition) is 7. The quantitative estimate of drug-likeness (QED) is 0.0138. The summed E-state index contributed by atoms with van der Waals surface area (Å²) in [6.07, 6.45) is 22.1. The molecule has 1 unspecified atom stereocenters. The van der Waals surface area contributed by atoms with Crippen molar-refractivity contribution in [2.45, 2.75) is 213 Å². The van der Waals surface area contributed by atoms with Crippen LogP contribution in [-0.2, 0) is 69.3 Å². The molecule has 1 atom stereocenters. The summed E-state index contributed by atoms with van der Waals surface area (Å²) in [7, 11) is 1.50. The number of rotatable bonds is 54. The Kier molecular flexibility index (Phi) is 39.1. The van der Waals surface area contributed by atoms with E-state index < -0.39 is 65.6 Å². The van der Waals surface area contributed by atoms with Crippen molar-refractivity contribution < 1.29 is 95.4 Å². The SMILES string of the molecule is CCCCCCCCCCCN(C(=O)CCCCCCCCCC(=O)O)C(CCC(=O)NCCOCCOCCOCCOCCC(=O)NCC(=O)OC(C)(C)c1ccc(C(=O)Nc2cc(F)cc(-c3ncnc4[nH]c(-c5ccc(CCN6CCC7(CC6)CCN(C(=O)c6ccc(OC)c(N8CCC(=O)NC8=O)c6)CC7)cc5)cc34)c2C)c(F)c1)C(=O)O. The van der Waals surface area contributed by atoms with Gasteiger partial charge in [0.15, 0.2) is 0 Å². The molecule has 0 aliphatic carbocycles. The van der Waals surface area contributed by atoms with Crippen molar-refractivity contribution in [2.24, 2.45) is 5.41 Å². The minimum atomic E-state index is -1.40. The number of aromatic nitrogens is 3. The summed E-state index contributed by atoms with van der Waals surface area (Å²) in [5.74, 6) is -6.21. The van der Waals surface area contributed by atoms with Gasteiger partial charge >= 0.3 is 23.9 Å². The van der Waals surface area contributed by atoms with Crippen LogP contribution in [0.2, 0.25) is 0 Å². The topological polar surface area (TPSA) is 369 Å². The van der Waals surface area contributed by atoms with E-state index in [1.165, 1.54) is 86.5 Å². The van der Waals surface area contributed by atoms with Gasteiger partial charge in [0.2, 0.25) is 23.6 Å². The first-order valence-electron chi connectivity index (χ1n) is 43.8. The van der Waals surface area contributed by atoms with E-state index in [0.29, 0.717) is 83.8 Å². The third-order valence-corrected chi connectivity index (χ3v) is 23.4. The smallest absolute Gasteiger partial charge is 0.328 e. The Balaban J connectivity index is 0.615. The molecule has 0 bridgehead atoms. The molecule has 31 heteroatoms. The molecule has 0 saturated carbocycles. The highest BCUT2D eigenvalue weighted by Crippen LogP contribution is 2.43. The summed E-state index contributed by atoms with van der Waals surface area (Å²) >= 11 is 0. The number of carboxylic acid groups (broad SMARTS) is 2. The molecule has 6 aromatic rings. The zero-order valence-corrected chi connectivity index (χ0v) is 72.1. The van der Waals surface area contributed by atoms with Gasteiger partial charge in [-0.15, -0.1) is 0 Å². The average Bonchev–Trinajstić information content (AvgIpc) is 1.79. The van der Waals surface area contributed by atoms with Crippen LogP contribution in [-0.4, -0.2) is 224 Å². The highest BCUT2D eigenvalue weighted by molar-refractivity contribution is 6.08. The van der Waals surface area contributed by atoms with Crippen LogP contribution in [0.1, 0.15) is 225 Å². The van der Waals surface area contributed by atoms with Crippen molar-refractivity contribution in [3.05, 3.63) is 125 Å². The number of carboxylic acids is 2. The standard InChI is InChI=1S/C92H125F2N11O18/c1-6-7-8-9-10-11-15-18-21-42-104(82(109)22-19-16-13-12-14-17-20-23-83(110)111)76(89(115)116)31-33-79(106)95-41-50-120-52-54-122-56-55-121-53-51-119-49-36-80(107)96-62-84(112)123-91(3,4)68-29-30-70(73(94)58-68)87(113)100-74-60-69(93)59-71(64(74)2)85-72-61-75(99-86(72)98-63-97-85)66-26-24-65(25-27-66)34-43-102-45-37-92(38-46-102)39-47-103(48-40-92)88(114)67-28-32-78(118-5)77(57-67)105-44-35-81(108)101-90(105)117/h24-30,32,57-61,63,76H,6-23,31,33-56,62H2,1-5H3,(H,95,106)(H,96,107)(H,100,113)(H,110,111)(H,115,116)(H,97,98,99)(H,101,108,117). The van der Waals surface area contributed by atoms with Crippen LogP contribution in [0.3, 0.4) is 0 Å². The van der Waals surface area contributed by atoms with Gasteiger partial charge in [0, 0.05) is 99.3 Å². The normalized spacial score (nSPS) is 14.5. The maximum Gasteiger partial charge on any atom is 0.328 e. The number of halogens is 2. The second-order valence-electron chi connectivity index (χ2n) is 32.7. The van der Waals surface area contributed by atoms with Crippen molar-refractivity contribution in [3.8, 4) is 28.3 Å². The molecule has 123 heavy (non-hydrogen) atoms. The van der Waals surface area contributed by atoms with E-state index in [4.69, 9.17) is 33.5 Å². The van der Waals surface area contributed by atoms with Gasteiger partial charge in [-0.3, -0.25) is 48.6 Å². The zero-order valence-electron chi connectivity index (χ0n) is 72.1. The largest absolute Gasteiger partial charge is 0.495 e. The van der Waals surface area contributed by atoms with Gasteiger partial charge < -0.3 is 74.3 Å².